The molecular weight excluding hydrogens is 442 g/mol. The van der Waals surface area contributed by atoms with Crippen LogP contribution in [0.15, 0.2) is 48.7 Å². The molecule has 35 heavy (non-hydrogen) atoms. The Morgan fingerprint density at radius 2 is 1.43 bits per heavy atom. The summed E-state index contributed by atoms with van der Waals surface area (Å²) in [6.07, 6.45) is 16.7. The summed E-state index contributed by atoms with van der Waals surface area (Å²) in [6, 6.07) is 10.2. The number of allylic oxidation sites excluding steroid dienone is 1. The Morgan fingerprint density at radius 3 is 2.03 bits per heavy atom. The molecule has 0 N–H and O–H groups in total. The maximum Gasteiger partial charge on any atom is 0.201 e. The molecule has 0 aliphatic heterocycles. The second-order valence-electron chi connectivity index (χ2n) is 10.5. The maximum atomic E-state index is 14.6. The molecule has 2 aromatic carbocycles. The summed E-state index contributed by atoms with van der Waals surface area (Å²) in [4.78, 5) is 0. The fourth-order valence-electron chi connectivity index (χ4n) is 6.11. The summed E-state index contributed by atoms with van der Waals surface area (Å²) in [7, 11) is 0. The van der Waals surface area contributed by atoms with E-state index in [-0.39, 0.29) is 11.3 Å². The van der Waals surface area contributed by atoms with E-state index in [4.69, 9.17) is 9.47 Å². The number of ether oxygens (including phenoxy) is 2. The van der Waals surface area contributed by atoms with E-state index in [1.807, 2.05) is 12.1 Å². The van der Waals surface area contributed by atoms with Gasteiger partial charge >= 0.3 is 0 Å². The summed E-state index contributed by atoms with van der Waals surface area (Å²) in [5.74, 6) is 2.23. The van der Waals surface area contributed by atoms with Crippen LogP contribution in [0, 0.1) is 35.3 Å². The van der Waals surface area contributed by atoms with E-state index in [1.165, 1.54) is 76.5 Å². The highest BCUT2D eigenvalue weighted by atomic mass is 19.2. The van der Waals surface area contributed by atoms with Crippen LogP contribution in [-0.2, 0) is 0 Å². The molecule has 2 aliphatic carbocycles. The fourth-order valence-corrected chi connectivity index (χ4v) is 6.11. The van der Waals surface area contributed by atoms with Gasteiger partial charge in [-0.15, -0.1) is 0 Å². The SMILES string of the molecule is CC=COc1ccc(-c2ccc(OCC3CCC(C4CCC(CCC)CC4)CC3)cc2)c(F)c1F. The lowest BCUT2D eigenvalue weighted by atomic mass is 9.69. The minimum absolute atomic E-state index is 0.122. The predicted octanol–water partition coefficient (Wildman–Crippen LogP) is 9.34. The first-order chi connectivity index (χ1) is 17.1. The first-order valence-electron chi connectivity index (χ1n) is 13.6. The van der Waals surface area contributed by atoms with E-state index in [0.29, 0.717) is 11.5 Å². The number of benzene rings is 2. The highest BCUT2D eigenvalue weighted by molar-refractivity contribution is 5.66. The van der Waals surface area contributed by atoms with Gasteiger partial charge in [-0.3, -0.25) is 0 Å². The lowest BCUT2D eigenvalue weighted by Gasteiger charge is -2.37. The number of hydrogen-bond acceptors (Lipinski definition) is 2. The van der Waals surface area contributed by atoms with Crippen molar-refractivity contribution in [2.75, 3.05) is 6.61 Å². The minimum Gasteiger partial charge on any atom is -0.493 e. The molecule has 0 saturated heterocycles. The van der Waals surface area contributed by atoms with Crippen molar-refractivity contribution in [1.82, 2.24) is 0 Å². The lowest BCUT2D eigenvalue weighted by molar-refractivity contribution is 0.122. The van der Waals surface area contributed by atoms with Crippen molar-refractivity contribution < 1.29 is 18.3 Å². The molecule has 0 spiro atoms. The summed E-state index contributed by atoms with van der Waals surface area (Å²) in [6.45, 7) is 4.79. The summed E-state index contributed by atoms with van der Waals surface area (Å²) in [5, 5.41) is 0. The second-order valence-corrected chi connectivity index (χ2v) is 10.5. The number of rotatable bonds is 9. The molecule has 190 valence electrons. The Kier molecular flexibility index (Phi) is 9.23. The van der Waals surface area contributed by atoms with Crippen molar-refractivity contribution in [3.8, 4) is 22.6 Å². The van der Waals surface area contributed by atoms with Crippen molar-refractivity contribution in [2.24, 2.45) is 23.7 Å². The Balaban J connectivity index is 1.24. The van der Waals surface area contributed by atoms with Crippen LogP contribution >= 0.6 is 0 Å². The van der Waals surface area contributed by atoms with E-state index >= 15 is 0 Å². The molecule has 0 amide bonds. The normalized spacial score (nSPS) is 25.0. The molecule has 0 heterocycles. The zero-order valence-corrected chi connectivity index (χ0v) is 21.3. The van der Waals surface area contributed by atoms with Crippen LogP contribution in [0.4, 0.5) is 8.78 Å². The summed E-state index contributed by atoms with van der Waals surface area (Å²) < 4.78 is 40.1. The van der Waals surface area contributed by atoms with E-state index in [1.54, 1.807) is 31.2 Å². The van der Waals surface area contributed by atoms with Crippen LogP contribution in [0.3, 0.4) is 0 Å². The molecule has 2 aliphatic rings. The molecule has 2 nitrogen and oxygen atoms in total. The minimum atomic E-state index is -0.981. The second kappa shape index (κ2) is 12.6. The fraction of sp³-hybridized carbons (Fsp3) is 0.548. The van der Waals surface area contributed by atoms with Crippen molar-refractivity contribution >= 4 is 0 Å². The summed E-state index contributed by atoms with van der Waals surface area (Å²) in [5.41, 5.74) is 0.824. The van der Waals surface area contributed by atoms with Gasteiger partial charge in [0.2, 0.25) is 5.82 Å². The van der Waals surface area contributed by atoms with Gasteiger partial charge in [0.25, 0.3) is 0 Å². The Bertz CT molecular complexity index is 953. The first-order valence-corrected chi connectivity index (χ1v) is 13.6. The molecule has 2 aromatic rings. The van der Waals surface area contributed by atoms with Crippen molar-refractivity contribution in [2.45, 2.75) is 78.1 Å². The van der Waals surface area contributed by atoms with Gasteiger partial charge in [-0.25, -0.2) is 4.39 Å². The third-order valence-corrected chi connectivity index (χ3v) is 8.18. The highest BCUT2D eigenvalue weighted by Crippen LogP contribution is 2.42. The zero-order valence-electron chi connectivity index (χ0n) is 21.3. The zero-order chi connectivity index (χ0) is 24.6. The van der Waals surface area contributed by atoms with Crippen LogP contribution < -0.4 is 9.47 Å². The largest absolute Gasteiger partial charge is 0.493 e. The van der Waals surface area contributed by atoms with Gasteiger partial charge in [0, 0.05) is 5.56 Å². The van der Waals surface area contributed by atoms with Crippen LogP contribution in [0.2, 0.25) is 0 Å². The van der Waals surface area contributed by atoms with E-state index in [0.717, 1.165) is 30.1 Å². The van der Waals surface area contributed by atoms with Crippen LogP contribution in [0.25, 0.3) is 11.1 Å². The third-order valence-electron chi connectivity index (χ3n) is 8.18. The molecule has 0 atom stereocenters. The average molecular weight is 483 g/mol. The van der Waals surface area contributed by atoms with Crippen molar-refractivity contribution in [3.05, 3.63) is 60.4 Å². The average Bonchev–Trinajstić information content (AvgIpc) is 2.90. The van der Waals surface area contributed by atoms with Crippen molar-refractivity contribution in [1.29, 1.82) is 0 Å². The standard InChI is InChI=1S/C31H40F2O2/c1-3-5-22-6-10-24(11-7-22)25-12-8-23(9-13-25)21-35-27-16-14-26(15-17-27)28-18-19-29(34-20-4-2)31(33)30(28)32/h4,14-20,22-25H,3,5-13,21H2,1-2H3. The Labute approximate surface area is 209 Å². The van der Waals surface area contributed by atoms with Gasteiger partial charge in [0.1, 0.15) is 5.75 Å². The number of hydrogen-bond donors (Lipinski definition) is 0. The van der Waals surface area contributed by atoms with Gasteiger partial charge in [-0.2, -0.15) is 4.39 Å². The van der Waals surface area contributed by atoms with E-state index in [9.17, 15) is 8.78 Å². The Hall–Kier alpha value is -2.36. The molecule has 2 fully saturated rings. The Morgan fingerprint density at radius 1 is 0.800 bits per heavy atom. The van der Waals surface area contributed by atoms with Gasteiger partial charge in [0.05, 0.1) is 12.9 Å². The maximum absolute atomic E-state index is 14.6. The van der Waals surface area contributed by atoms with Crippen LogP contribution in [0.1, 0.15) is 78.1 Å². The van der Waals surface area contributed by atoms with Gasteiger partial charge in [-0.05, 0) is 98.9 Å². The van der Waals surface area contributed by atoms with E-state index in [2.05, 4.69) is 6.92 Å². The van der Waals surface area contributed by atoms with Gasteiger partial charge < -0.3 is 9.47 Å². The van der Waals surface area contributed by atoms with Crippen LogP contribution in [0.5, 0.6) is 11.5 Å². The molecule has 0 aromatic heterocycles. The van der Waals surface area contributed by atoms with Crippen LogP contribution in [-0.4, -0.2) is 6.61 Å². The lowest BCUT2D eigenvalue weighted by Crippen LogP contribution is -2.27. The quantitative estimate of drug-likeness (QED) is 0.331. The molecule has 0 radical (unpaired) electrons. The highest BCUT2D eigenvalue weighted by Gasteiger charge is 2.30. The summed E-state index contributed by atoms with van der Waals surface area (Å²) >= 11 is 0. The third kappa shape index (κ3) is 6.65. The van der Waals surface area contributed by atoms with Crippen molar-refractivity contribution in [3.63, 3.8) is 0 Å². The predicted molar refractivity (Wildman–Crippen MR) is 139 cm³/mol. The topological polar surface area (TPSA) is 18.5 Å². The van der Waals surface area contributed by atoms with Gasteiger partial charge in [0.15, 0.2) is 11.6 Å². The van der Waals surface area contributed by atoms with Gasteiger partial charge in [-0.1, -0.05) is 50.8 Å². The first kappa shape index (κ1) is 25.7. The molecule has 2 saturated carbocycles. The molecular formula is C31H40F2O2. The number of halogens is 2. The molecule has 4 heteroatoms. The van der Waals surface area contributed by atoms with E-state index < -0.39 is 11.6 Å². The monoisotopic (exact) mass is 482 g/mol. The molecule has 0 bridgehead atoms. The smallest absolute Gasteiger partial charge is 0.201 e. The molecule has 0 unspecified atom stereocenters. The molecule has 4 rings (SSSR count).